The van der Waals surface area contributed by atoms with Gasteiger partial charge in [-0.15, -0.1) is 0 Å². The Kier molecular flexibility index (Phi) is 6.35. The van der Waals surface area contributed by atoms with E-state index in [0.717, 1.165) is 43.2 Å². The summed E-state index contributed by atoms with van der Waals surface area (Å²) < 4.78 is 5.42. The first-order valence-corrected chi connectivity index (χ1v) is 11.4. The number of aromatic nitrogens is 2. The van der Waals surface area contributed by atoms with E-state index in [1.54, 1.807) is 6.20 Å². The molecule has 2 aliphatic heterocycles. The second kappa shape index (κ2) is 9.88. The molecule has 9 heteroatoms. The van der Waals surface area contributed by atoms with Crippen molar-refractivity contribution in [3.05, 3.63) is 60.8 Å². The van der Waals surface area contributed by atoms with Crippen molar-refractivity contribution in [2.24, 2.45) is 0 Å². The molecule has 0 aliphatic carbocycles. The second-order valence-corrected chi connectivity index (χ2v) is 8.26. The normalized spacial score (nSPS) is 17.8. The summed E-state index contributed by atoms with van der Waals surface area (Å²) in [6.07, 6.45) is 2.62. The third-order valence-corrected chi connectivity index (χ3v) is 5.92. The number of nitrogens with one attached hydrogen (secondary N) is 3. The zero-order chi connectivity index (χ0) is 23.3. The summed E-state index contributed by atoms with van der Waals surface area (Å²) in [5.74, 6) is 0.217. The Hall–Kier alpha value is -3.98. The van der Waals surface area contributed by atoms with Gasteiger partial charge in [0, 0.05) is 48.3 Å². The molecule has 3 N–H and O–H groups in total. The fourth-order valence-electron chi connectivity index (χ4n) is 4.05. The maximum absolute atomic E-state index is 12.3. The van der Waals surface area contributed by atoms with Crippen molar-refractivity contribution in [3.8, 4) is 11.3 Å². The Morgan fingerprint density at radius 1 is 1.00 bits per heavy atom. The van der Waals surface area contributed by atoms with Gasteiger partial charge >= 0.3 is 0 Å². The van der Waals surface area contributed by atoms with E-state index in [1.807, 2.05) is 42.5 Å². The highest BCUT2D eigenvalue weighted by molar-refractivity contribution is 5.99. The molecule has 2 amide bonds. The lowest BCUT2D eigenvalue weighted by Gasteiger charge is -2.28. The molecule has 0 radical (unpaired) electrons. The van der Waals surface area contributed by atoms with Crippen LogP contribution in [0.4, 0.5) is 23.0 Å². The summed E-state index contributed by atoms with van der Waals surface area (Å²) >= 11 is 0. The summed E-state index contributed by atoms with van der Waals surface area (Å²) in [4.78, 5) is 34.9. The predicted molar refractivity (Wildman–Crippen MR) is 130 cm³/mol. The number of nitrogens with zero attached hydrogens (tertiary/aromatic N) is 3. The van der Waals surface area contributed by atoms with Crippen LogP contribution >= 0.6 is 0 Å². The van der Waals surface area contributed by atoms with Crippen LogP contribution in [0.1, 0.15) is 12.8 Å². The van der Waals surface area contributed by atoms with E-state index >= 15 is 0 Å². The summed E-state index contributed by atoms with van der Waals surface area (Å²) in [5.41, 5.74) is 4.42. The SMILES string of the molecule is O=C1CCC(C(=O)Nc2ccc(-c3ccnc(Nc4ccc(N5CCOCC5)cc4)n3)cc2)N1. The van der Waals surface area contributed by atoms with Gasteiger partial charge in [0.2, 0.25) is 17.8 Å². The highest BCUT2D eigenvalue weighted by Gasteiger charge is 2.27. The van der Waals surface area contributed by atoms with Crippen molar-refractivity contribution in [1.29, 1.82) is 0 Å². The van der Waals surface area contributed by atoms with E-state index in [4.69, 9.17) is 4.74 Å². The quantitative estimate of drug-likeness (QED) is 0.521. The third kappa shape index (κ3) is 5.15. The molecule has 0 saturated carbocycles. The van der Waals surface area contributed by atoms with Crippen LogP contribution in [0.25, 0.3) is 11.3 Å². The average molecular weight is 459 g/mol. The number of morpholine rings is 1. The molecule has 2 saturated heterocycles. The molecule has 2 fully saturated rings. The lowest BCUT2D eigenvalue weighted by molar-refractivity contribution is -0.122. The van der Waals surface area contributed by atoms with Crippen LogP contribution in [0.2, 0.25) is 0 Å². The Labute approximate surface area is 197 Å². The molecule has 1 atom stereocenters. The topological polar surface area (TPSA) is 108 Å². The van der Waals surface area contributed by atoms with Crippen LogP contribution in [0.15, 0.2) is 60.8 Å². The monoisotopic (exact) mass is 458 g/mol. The molecule has 1 aromatic heterocycles. The first kappa shape index (κ1) is 21.8. The van der Waals surface area contributed by atoms with E-state index in [2.05, 4.69) is 43.0 Å². The zero-order valence-electron chi connectivity index (χ0n) is 18.7. The van der Waals surface area contributed by atoms with Crippen molar-refractivity contribution >= 4 is 34.8 Å². The number of anilines is 4. The number of hydrogen-bond acceptors (Lipinski definition) is 7. The molecule has 0 bridgehead atoms. The Morgan fingerprint density at radius 3 is 2.44 bits per heavy atom. The number of ether oxygens (including phenoxy) is 1. The van der Waals surface area contributed by atoms with E-state index in [0.29, 0.717) is 24.5 Å². The minimum absolute atomic E-state index is 0.0864. The van der Waals surface area contributed by atoms with Gasteiger partial charge in [0.05, 0.1) is 18.9 Å². The van der Waals surface area contributed by atoms with Crippen LogP contribution in [0.5, 0.6) is 0 Å². The van der Waals surface area contributed by atoms with Gasteiger partial charge < -0.3 is 25.6 Å². The first-order chi connectivity index (χ1) is 16.6. The van der Waals surface area contributed by atoms with Gasteiger partial charge in [-0.3, -0.25) is 9.59 Å². The number of amides is 2. The van der Waals surface area contributed by atoms with Crippen molar-refractivity contribution in [3.63, 3.8) is 0 Å². The number of carbonyl (C=O) groups is 2. The van der Waals surface area contributed by atoms with Crippen molar-refractivity contribution in [1.82, 2.24) is 15.3 Å². The molecule has 9 nitrogen and oxygen atoms in total. The van der Waals surface area contributed by atoms with Gasteiger partial charge in [0.25, 0.3) is 0 Å². The van der Waals surface area contributed by atoms with Crippen LogP contribution in [-0.2, 0) is 14.3 Å². The van der Waals surface area contributed by atoms with Crippen LogP contribution in [0.3, 0.4) is 0 Å². The molecule has 5 rings (SSSR count). The van der Waals surface area contributed by atoms with E-state index < -0.39 is 6.04 Å². The van der Waals surface area contributed by atoms with Gasteiger partial charge in [0.15, 0.2) is 0 Å². The largest absolute Gasteiger partial charge is 0.378 e. The number of hydrogen-bond donors (Lipinski definition) is 3. The van der Waals surface area contributed by atoms with Crippen molar-refractivity contribution in [2.75, 3.05) is 41.8 Å². The number of rotatable bonds is 6. The average Bonchev–Trinajstić information content (AvgIpc) is 3.32. The Morgan fingerprint density at radius 2 is 1.74 bits per heavy atom. The number of carbonyl (C=O) groups excluding carboxylic acids is 2. The summed E-state index contributed by atoms with van der Waals surface area (Å²) in [7, 11) is 0. The fourth-order valence-corrected chi connectivity index (χ4v) is 4.05. The van der Waals surface area contributed by atoms with E-state index in [9.17, 15) is 9.59 Å². The predicted octanol–water partition coefficient (Wildman–Crippen LogP) is 2.94. The maximum atomic E-state index is 12.3. The van der Waals surface area contributed by atoms with Gasteiger partial charge in [-0.25, -0.2) is 9.97 Å². The molecule has 34 heavy (non-hydrogen) atoms. The summed E-state index contributed by atoms with van der Waals surface area (Å²) in [6.45, 7) is 3.31. The van der Waals surface area contributed by atoms with E-state index in [-0.39, 0.29) is 11.8 Å². The molecule has 2 aromatic carbocycles. The van der Waals surface area contributed by atoms with Crippen molar-refractivity contribution < 1.29 is 14.3 Å². The summed E-state index contributed by atoms with van der Waals surface area (Å²) in [6, 6.07) is 17.0. The van der Waals surface area contributed by atoms with Crippen LogP contribution in [0, 0.1) is 0 Å². The Balaban J connectivity index is 1.22. The highest BCUT2D eigenvalue weighted by Crippen LogP contribution is 2.24. The van der Waals surface area contributed by atoms with E-state index in [1.165, 1.54) is 5.69 Å². The highest BCUT2D eigenvalue weighted by atomic mass is 16.5. The van der Waals surface area contributed by atoms with Gasteiger partial charge in [-0.05, 0) is 48.9 Å². The molecule has 0 spiro atoms. The van der Waals surface area contributed by atoms with Gasteiger partial charge in [0.1, 0.15) is 6.04 Å². The minimum Gasteiger partial charge on any atom is -0.378 e. The molecule has 1 unspecified atom stereocenters. The third-order valence-electron chi connectivity index (χ3n) is 5.92. The van der Waals surface area contributed by atoms with Crippen LogP contribution < -0.4 is 20.9 Å². The maximum Gasteiger partial charge on any atom is 0.246 e. The van der Waals surface area contributed by atoms with Gasteiger partial charge in [-0.2, -0.15) is 0 Å². The van der Waals surface area contributed by atoms with Crippen LogP contribution in [-0.4, -0.2) is 54.1 Å². The molecule has 2 aliphatic rings. The first-order valence-electron chi connectivity index (χ1n) is 11.4. The summed E-state index contributed by atoms with van der Waals surface area (Å²) in [5, 5.41) is 8.78. The van der Waals surface area contributed by atoms with Crippen molar-refractivity contribution in [2.45, 2.75) is 18.9 Å². The number of benzene rings is 2. The standard InChI is InChI=1S/C25H26N6O3/c32-23-10-9-22(29-23)24(33)27-18-3-1-17(2-4-18)21-11-12-26-25(30-21)28-19-5-7-20(8-6-19)31-13-15-34-16-14-31/h1-8,11-12,22H,9-10,13-16H2,(H,27,33)(H,29,32)(H,26,28,30). The zero-order valence-corrected chi connectivity index (χ0v) is 18.7. The lowest BCUT2D eigenvalue weighted by atomic mass is 10.1. The molecular formula is C25H26N6O3. The second-order valence-electron chi connectivity index (χ2n) is 8.26. The van der Waals surface area contributed by atoms with Gasteiger partial charge in [-0.1, -0.05) is 12.1 Å². The molecule has 174 valence electrons. The molecule has 3 heterocycles. The molecular weight excluding hydrogens is 432 g/mol. The fraction of sp³-hybridized carbons (Fsp3) is 0.280. The lowest BCUT2D eigenvalue weighted by Crippen LogP contribution is -2.37. The Bertz CT molecular complexity index is 1160. The molecule has 3 aromatic rings. The smallest absolute Gasteiger partial charge is 0.246 e. The minimum atomic E-state index is -0.467.